The molecule has 0 unspecified atom stereocenters. The minimum absolute atomic E-state index is 0.00319. The van der Waals surface area contributed by atoms with Crippen molar-refractivity contribution in [1.29, 1.82) is 0 Å². The molecule has 0 atom stereocenters. The molecule has 1 saturated heterocycles. The van der Waals surface area contributed by atoms with E-state index < -0.39 is 53.5 Å². The Morgan fingerprint density at radius 1 is 1.03 bits per heavy atom. The van der Waals surface area contributed by atoms with Crippen LogP contribution in [0.25, 0.3) is 0 Å². The molecule has 1 heterocycles. The number of halogens is 3. The lowest BCUT2D eigenvalue weighted by Gasteiger charge is -2.33. The first-order valence-corrected chi connectivity index (χ1v) is 13.6. The molecule has 0 aliphatic carbocycles. The van der Waals surface area contributed by atoms with Crippen LogP contribution in [0.5, 0.6) is 0 Å². The number of carboxylic acid groups (broad SMARTS) is 1. The van der Waals surface area contributed by atoms with Crippen LogP contribution in [0, 0.1) is 0 Å². The summed E-state index contributed by atoms with van der Waals surface area (Å²) < 4.78 is 95.2. The lowest BCUT2D eigenvalue weighted by atomic mass is 10.1. The Balaban J connectivity index is 1.95. The first-order valence-electron chi connectivity index (χ1n) is 10.6. The Morgan fingerprint density at radius 3 is 2.14 bits per heavy atom. The molecule has 3 N–H and O–H groups in total. The summed E-state index contributed by atoms with van der Waals surface area (Å²) in [6.45, 7) is -0.0866. The van der Waals surface area contributed by atoms with Crippen molar-refractivity contribution in [2.75, 3.05) is 31.6 Å². The van der Waals surface area contributed by atoms with Crippen LogP contribution in [-0.2, 0) is 26.0 Å². The number of anilines is 1. The summed E-state index contributed by atoms with van der Waals surface area (Å²) >= 11 is 0. The van der Waals surface area contributed by atoms with E-state index in [-0.39, 0.29) is 44.0 Å². The molecule has 0 bridgehead atoms. The molecule has 0 radical (unpaired) electrons. The number of rotatable bonds is 8. The molecule has 0 spiro atoms. The molecule has 15 heteroatoms. The first kappa shape index (κ1) is 27.7. The lowest BCUT2D eigenvalue weighted by molar-refractivity contribution is -0.266. The SMILES string of the molecule is O=C([O-])N1CCC(NS(=O)(=O)c2cc(S(=O)(=O)c3ccc(NCCO)cc3)ccc2C(F)(F)F)CC1. The van der Waals surface area contributed by atoms with Crippen LogP contribution in [0.15, 0.2) is 57.2 Å². The number of hydrogen-bond donors (Lipinski definition) is 3. The number of aliphatic hydroxyl groups excluding tert-OH is 1. The van der Waals surface area contributed by atoms with Crippen molar-refractivity contribution in [1.82, 2.24) is 9.62 Å². The largest absolute Gasteiger partial charge is 0.530 e. The van der Waals surface area contributed by atoms with Gasteiger partial charge in [0, 0.05) is 31.4 Å². The maximum Gasteiger partial charge on any atom is 0.417 e. The van der Waals surface area contributed by atoms with Gasteiger partial charge in [-0.3, -0.25) is 0 Å². The Labute approximate surface area is 205 Å². The lowest BCUT2D eigenvalue weighted by Crippen LogP contribution is -2.50. The topological polar surface area (TPSA) is 156 Å². The van der Waals surface area contributed by atoms with Crippen LogP contribution < -0.4 is 15.1 Å². The van der Waals surface area contributed by atoms with Crippen LogP contribution in [-0.4, -0.2) is 65.2 Å². The van der Waals surface area contributed by atoms with E-state index in [0.29, 0.717) is 23.9 Å². The third kappa shape index (κ3) is 6.27. The van der Waals surface area contributed by atoms with Crippen LogP contribution in [0.2, 0.25) is 0 Å². The molecule has 1 aliphatic rings. The molecular weight excluding hydrogens is 527 g/mol. The average molecular weight is 551 g/mol. The summed E-state index contributed by atoms with van der Waals surface area (Å²) in [5.41, 5.74) is -1.04. The van der Waals surface area contributed by atoms with Crippen molar-refractivity contribution in [2.24, 2.45) is 0 Å². The van der Waals surface area contributed by atoms with E-state index in [1.165, 1.54) is 24.3 Å². The molecule has 10 nitrogen and oxygen atoms in total. The highest BCUT2D eigenvalue weighted by atomic mass is 32.2. The predicted octanol–water partition coefficient (Wildman–Crippen LogP) is 1.03. The number of sulfone groups is 1. The molecule has 0 saturated carbocycles. The van der Waals surface area contributed by atoms with Gasteiger partial charge in [-0.1, -0.05) is 0 Å². The van der Waals surface area contributed by atoms with Crippen LogP contribution in [0.3, 0.4) is 0 Å². The van der Waals surface area contributed by atoms with Gasteiger partial charge in [-0.25, -0.2) is 21.6 Å². The van der Waals surface area contributed by atoms with Gasteiger partial charge in [0.25, 0.3) is 0 Å². The summed E-state index contributed by atoms with van der Waals surface area (Å²) in [6.07, 6.45) is -6.53. The molecule has 36 heavy (non-hydrogen) atoms. The van der Waals surface area contributed by atoms with E-state index >= 15 is 0 Å². The highest BCUT2D eigenvalue weighted by Gasteiger charge is 2.39. The van der Waals surface area contributed by atoms with Gasteiger partial charge in [0.15, 0.2) is 0 Å². The Bertz CT molecular complexity index is 1310. The predicted molar refractivity (Wildman–Crippen MR) is 119 cm³/mol. The smallest absolute Gasteiger partial charge is 0.417 e. The molecule has 1 amide bonds. The number of nitrogens with one attached hydrogen (secondary N) is 2. The zero-order valence-electron chi connectivity index (χ0n) is 18.7. The second-order valence-corrected chi connectivity index (χ2v) is 11.6. The fourth-order valence-corrected chi connectivity index (χ4v) is 6.60. The molecule has 1 aliphatic heterocycles. The fraction of sp³-hybridized carbons (Fsp3) is 0.381. The number of benzene rings is 2. The minimum atomic E-state index is -5.09. The second-order valence-electron chi connectivity index (χ2n) is 7.98. The van der Waals surface area contributed by atoms with Gasteiger partial charge in [0.05, 0.1) is 26.9 Å². The highest BCUT2D eigenvalue weighted by molar-refractivity contribution is 7.91. The minimum Gasteiger partial charge on any atom is -0.530 e. The van der Waals surface area contributed by atoms with Gasteiger partial charge in [0.1, 0.15) is 6.09 Å². The number of amides is 1. The monoisotopic (exact) mass is 550 g/mol. The zero-order valence-corrected chi connectivity index (χ0v) is 20.3. The normalized spacial score (nSPS) is 15.6. The Kier molecular flexibility index (Phi) is 8.17. The van der Waals surface area contributed by atoms with Crippen molar-refractivity contribution in [3.05, 3.63) is 48.0 Å². The average Bonchev–Trinajstić information content (AvgIpc) is 2.82. The number of sulfonamides is 1. The van der Waals surface area contributed by atoms with Crippen LogP contribution >= 0.6 is 0 Å². The molecule has 3 rings (SSSR count). The third-order valence-electron chi connectivity index (χ3n) is 5.54. The molecule has 2 aromatic rings. The standard InChI is InChI=1S/C21H24F3N3O7S2/c22-21(23,24)18-6-5-17(35(31,32)16-3-1-14(2-4-16)25-9-12-28)13-19(18)36(33,34)26-15-7-10-27(11-8-15)20(29)30/h1-6,13,15,25-26,28H,7-12H2,(H,29,30)/p-1. The van der Waals surface area contributed by atoms with E-state index in [2.05, 4.69) is 10.0 Å². The van der Waals surface area contributed by atoms with E-state index in [4.69, 9.17) is 5.11 Å². The van der Waals surface area contributed by atoms with Crippen LogP contribution in [0.4, 0.5) is 23.7 Å². The maximum atomic E-state index is 13.6. The van der Waals surface area contributed by atoms with Gasteiger partial charge >= 0.3 is 6.18 Å². The van der Waals surface area contributed by atoms with Crippen molar-refractivity contribution in [3.63, 3.8) is 0 Å². The zero-order chi connectivity index (χ0) is 26.7. The van der Waals surface area contributed by atoms with Crippen LogP contribution in [0.1, 0.15) is 18.4 Å². The molecular formula is C21H23F3N3O7S2-. The van der Waals surface area contributed by atoms with Gasteiger partial charge in [-0.05, 0) is 55.3 Å². The van der Waals surface area contributed by atoms with Crippen molar-refractivity contribution in [2.45, 2.75) is 39.7 Å². The number of alkyl halides is 3. The summed E-state index contributed by atoms with van der Waals surface area (Å²) in [4.78, 5) is 9.69. The van der Waals surface area contributed by atoms with Gasteiger partial charge in [0.2, 0.25) is 19.9 Å². The number of nitrogens with zero attached hydrogens (tertiary/aromatic N) is 1. The number of likely N-dealkylation sites (tertiary alicyclic amines) is 1. The number of hydrogen-bond acceptors (Lipinski definition) is 8. The van der Waals surface area contributed by atoms with E-state index in [9.17, 15) is 39.9 Å². The van der Waals surface area contributed by atoms with Crippen molar-refractivity contribution < 1.29 is 45.0 Å². The van der Waals surface area contributed by atoms with Gasteiger partial charge < -0.3 is 25.2 Å². The maximum absolute atomic E-state index is 13.6. The number of carbonyl (C=O) groups is 1. The van der Waals surface area contributed by atoms with Gasteiger partial charge in [-0.15, -0.1) is 0 Å². The Hall–Kier alpha value is -2.88. The van der Waals surface area contributed by atoms with E-state index in [1.807, 2.05) is 0 Å². The molecule has 0 aromatic heterocycles. The van der Waals surface area contributed by atoms with Crippen molar-refractivity contribution >= 4 is 31.6 Å². The number of carbonyl (C=O) groups excluding carboxylic acids is 1. The molecule has 1 fully saturated rings. The fourth-order valence-electron chi connectivity index (χ4n) is 3.68. The van der Waals surface area contributed by atoms with Gasteiger partial charge in [-0.2, -0.15) is 13.2 Å². The summed E-state index contributed by atoms with van der Waals surface area (Å²) in [6, 6.07) is 5.88. The van der Waals surface area contributed by atoms with E-state index in [0.717, 1.165) is 4.90 Å². The highest BCUT2D eigenvalue weighted by Crippen LogP contribution is 2.36. The van der Waals surface area contributed by atoms with E-state index in [1.54, 1.807) is 0 Å². The summed E-state index contributed by atoms with van der Waals surface area (Å²) in [5, 5.41) is 22.6. The molecule has 2 aromatic carbocycles. The quantitative estimate of drug-likeness (QED) is 0.440. The van der Waals surface area contributed by atoms with Crippen molar-refractivity contribution in [3.8, 4) is 0 Å². The second kappa shape index (κ2) is 10.6. The molecule has 198 valence electrons. The third-order valence-corrected chi connectivity index (χ3v) is 8.87. The Morgan fingerprint density at radius 2 is 1.61 bits per heavy atom. The number of aliphatic hydroxyl groups is 1. The number of piperidine rings is 1. The first-order chi connectivity index (χ1) is 16.8. The summed E-state index contributed by atoms with van der Waals surface area (Å²) in [5.74, 6) is 0. The summed E-state index contributed by atoms with van der Waals surface area (Å²) in [7, 11) is -9.23.